The first-order valence-corrected chi connectivity index (χ1v) is 6.76. The van der Waals surface area contributed by atoms with Gasteiger partial charge >= 0.3 is 0 Å². The average Bonchev–Trinajstić information content (AvgIpc) is 2.46. The zero-order chi connectivity index (χ0) is 13.0. The number of nitrogens with one attached hydrogen (secondary N) is 1. The zero-order valence-electron chi connectivity index (χ0n) is 11.6. The van der Waals surface area contributed by atoms with Gasteiger partial charge in [-0.1, -0.05) is 6.92 Å². The number of ether oxygens (including phenoxy) is 2. The Kier molecular flexibility index (Phi) is 4.48. The zero-order valence-corrected chi connectivity index (χ0v) is 11.6. The van der Waals surface area contributed by atoms with Crippen molar-refractivity contribution >= 4 is 0 Å². The molecule has 1 fully saturated rings. The van der Waals surface area contributed by atoms with E-state index in [-0.39, 0.29) is 0 Å². The maximum absolute atomic E-state index is 5.56. The number of hydrogen-bond acceptors (Lipinski definition) is 3. The topological polar surface area (TPSA) is 30.5 Å². The molecule has 0 bridgehead atoms. The number of hydrogen-bond donors (Lipinski definition) is 1. The maximum atomic E-state index is 5.56. The van der Waals surface area contributed by atoms with Crippen LogP contribution in [0.3, 0.4) is 0 Å². The van der Waals surface area contributed by atoms with Gasteiger partial charge in [-0.2, -0.15) is 0 Å². The van der Waals surface area contributed by atoms with Gasteiger partial charge in [0.05, 0.1) is 14.2 Å². The molecule has 0 aromatic heterocycles. The van der Waals surface area contributed by atoms with Crippen molar-refractivity contribution in [3.05, 3.63) is 23.3 Å². The molecule has 1 heterocycles. The summed E-state index contributed by atoms with van der Waals surface area (Å²) in [6, 6.07) is 4.05. The fraction of sp³-hybridized carbons (Fsp3) is 0.600. The smallest absolute Gasteiger partial charge is 0.122 e. The Hall–Kier alpha value is -1.22. The summed E-state index contributed by atoms with van der Waals surface area (Å²) in [7, 11) is 3.50. The highest BCUT2D eigenvalue weighted by atomic mass is 16.5. The second-order valence-electron chi connectivity index (χ2n) is 4.74. The van der Waals surface area contributed by atoms with Crippen LogP contribution in [0.1, 0.15) is 36.8 Å². The minimum atomic E-state index is 0.589. The monoisotopic (exact) mass is 249 g/mol. The minimum absolute atomic E-state index is 0.589. The van der Waals surface area contributed by atoms with Crippen LogP contribution in [-0.4, -0.2) is 27.3 Å². The van der Waals surface area contributed by atoms with E-state index in [2.05, 4.69) is 12.2 Å². The Labute approximate surface area is 109 Å². The first-order valence-electron chi connectivity index (χ1n) is 6.76. The van der Waals surface area contributed by atoms with Crippen molar-refractivity contribution in [3.8, 4) is 11.5 Å². The maximum Gasteiger partial charge on any atom is 0.122 e. The molecule has 0 saturated carbocycles. The molecule has 18 heavy (non-hydrogen) atoms. The SMILES string of the molecule is CCc1c(OC)ccc(OC)c1C1CCNCC1. The fourth-order valence-corrected chi connectivity index (χ4v) is 2.92. The molecule has 0 amide bonds. The molecule has 2 rings (SSSR count). The van der Waals surface area contributed by atoms with Crippen LogP contribution in [0.2, 0.25) is 0 Å². The van der Waals surface area contributed by atoms with E-state index in [1.54, 1.807) is 14.2 Å². The van der Waals surface area contributed by atoms with E-state index >= 15 is 0 Å². The predicted octanol–water partition coefficient (Wildman–Crippen LogP) is 2.73. The summed E-state index contributed by atoms with van der Waals surface area (Å²) >= 11 is 0. The van der Waals surface area contributed by atoms with Gasteiger partial charge in [-0.3, -0.25) is 0 Å². The van der Waals surface area contributed by atoms with Gasteiger partial charge in [-0.15, -0.1) is 0 Å². The van der Waals surface area contributed by atoms with Crippen LogP contribution in [0, 0.1) is 0 Å². The van der Waals surface area contributed by atoms with E-state index in [1.807, 2.05) is 12.1 Å². The number of rotatable bonds is 4. The summed E-state index contributed by atoms with van der Waals surface area (Å²) in [6.45, 7) is 4.37. The van der Waals surface area contributed by atoms with E-state index < -0.39 is 0 Å². The Balaban J connectivity index is 2.45. The third-order valence-electron chi connectivity index (χ3n) is 3.81. The Morgan fingerprint density at radius 3 is 2.28 bits per heavy atom. The third kappa shape index (κ3) is 2.46. The molecule has 1 aliphatic heterocycles. The largest absolute Gasteiger partial charge is 0.496 e. The fourth-order valence-electron chi connectivity index (χ4n) is 2.92. The lowest BCUT2D eigenvalue weighted by molar-refractivity contribution is 0.379. The van der Waals surface area contributed by atoms with Crippen LogP contribution >= 0.6 is 0 Å². The highest BCUT2D eigenvalue weighted by Crippen LogP contribution is 2.39. The highest BCUT2D eigenvalue weighted by molar-refractivity contribution is 5.50. The summed E-state index contributed by atoms with van der Waals surface area (Å²) in [5.74, 6) is 2.60. The Morgan fingerprint density at radius 2 is 1.72 bits per heavy atom. The Bertz CT molecular complexity index is 398. The van der Waals surface area contributed by atoms with Gasteiger partial charge in [0.2, 0.25) is 0 Å². The molecule has 3 nitrogen and oxygen atoms in total. The van der Waals surface area contributed by atoms with Gasteiger partial charge < -0.3 is 14.8 Å². The van der Waals surface area contributed by atoms with E-state index in [1.165, 1.54) is 24.0 Å². The van der Waals surface area contributed by atoms with Gasteiger partial charge in [-0.05, 0) is 50.4 Å². The van der Waals surface area contributed by atoms with Gasteiger partial charge in [0.25, 0.3) is 0 Å². The molecule has 1 N–H and O–H groups in total. The minimum Gasteiger partial charge on any atom is -0.496 e. The lowest BCUT2D eigenvalue weighted by Crippen LogP contribution is -2.27. The summed E-state index contributed by atoms with van der Waals surface area (Å²) in [4.78, 5) is 0. The van der Waals surface area contributed by atoms with Gasteiger partial charge in [0.1, 0.15) is 11.5 Å². The van der Waals surface area contributed by atoms with Crippen molar-refractivity contribution in [1.29, 1.82) is 0 Å². The van der Waals surface area contributed by atoms with Crippen molar-refractivity contribution in [2.24, 2.45) is 0 Å². The van der Waals surface area contributed by atoms with Crippen LogP contribution in [-0.2, 0) is 6.42 Å². The molecule has 100 valence electrons. The van der Waals surface area contributed by atoms with Crippen molar-refractivity contribution < 1.29 is 9.47 Å². The van der Waals surface area contributed by atoms with Crippen molar-refractivity contribution in [2.75, 3.05) is 27.3 Å². The first-order chi connectivity index (χ1) is 8.81. The molecule has 1 aliphatic rings. The molecule has 0 aliphatic carbocycles. The second-order valence-corrected chi connectivity index (χ2v) is 4.74. The molecular weight excluding hydrogens is 226 g/mol. The molecular formula is C15H23NO2. The van der Waals surface area contributed by atoms with Crippen molar-refractivity contribution in [2.45, 2.75) is 32.1 Å². The highest BCUT2D eigenvalue weighted by Gasteiger charge is 2.23. The van der Waals surface area contributed by atoms with Crippen LogP contribution in [0.25, 0.3) is 0 Å². The van der Waals surface area contributed by atoms with Crippen LogP contribution in [0.15, 0.2) is 12.1 Å². The number of piperidine rings is 1. The summed E-state index contributed by atoms with van der Waals surface area (Å²) < 4.78 is 11.1. The summed E-state index contributed by atoms with van der Waals surface area (Å²) in [5, 5.41) is 3.42. The summed E-state index contributed by atoms with van der Waals surface area (Å²) in [5.41, 5.74) is 2.67. The van der Waals surface area contributed by atoms with Crippen LogP contribution in [0.5, 0.6) is 11.5 Å². The standard InChI is InChI=1S/C15H23NO2/c1-4-12-13(17-2)5-6-14(18-3)15(12)11-7-9-16-10-8-11/h5-6,11,16H,4,7-10H2,1-3H3. The molecule has 1 aromatic carbocycles. The van der Waals surface area contributed by atoms with Gasteiger partial charge in [0.15, 0.2) is 0 Å². The summed E-state index contributed by atoms with van der Waals surface area (Å²) in [6.07, 6.45) is 3.34. The number of benzene rings is 1. The number of methoxy groups -OCH3 is 2. The second kappa shape index (κ2) is 6.10. The average molecular weight is 249 g/mol. The molecule has 0 unspecified atom stereocenters. The van der Waals surface area contributed by atoms with E-state index in [4.69, 9.17) is 9.47 Å². The van der Waals surface area contributed by atoms with Crippen molar-refractivity contribution in [3.63, 3.8) is 0 Å². The quantitative estimate of drug-likeness (QED) is 0.890. The predicted molar refractivity (Wildman–Crippen MR) is 73.8 cm³/mol. The lowest BCUT2D eigenvalue weighted by atomic mass is 9.85. The lowest BCUT2D eigenvalue weighted by Gasteiger charge is -2.27. The van der Waals surface area contributed by atoms with E-state index in [9.17, 15) is 0 Å². The van der Waals surface area contributed by atoms with Crippen LogP contribution in [0.4, 0.5) is 0 Å². The Morgan fingerprint density at radius 1 is 1.11 bits per heavy atom. The molecule has 3 heteroatoms. The van der Waals surface area contributed by atoms with Gasteiger partial charge in [-0.25, -0.2) is 0 Å². The normalized spacial score (nSPS) is 16.6. The molecule has 0 atom stereocenters. The first kappa shape index (κ1) is 13.2. The van der Waals surface area contributed by atoms with Crippen molar-refractivity contribution in [1.82, 2.24) is 5.32 Å². The third-order valence-corrected chi connectivity index (χ3v) is 3.81. The van der Waals surface area contributed by atoms with Gasteiger partial charge in [0, 0.05) is 11.1 Å². The molecule has 0 spiro atoms. The van der Waals surface area contributed by atoms with E-state index in [0.29, 0.717) is 5.92 Å². The molecule has 1 aromatic rings. The molecule has 0 radical (unpaired) electrons. The molecule has 1 saturated heterocycles. The van der Waals surface area contributed by atoms with E-state index in [0.717, 1.165) is 31.0 Å². The van der Waals surface area contributed by atoms with Crippen LogP contribution < -0.4 is 14.8 Å².